The van der Waals surface area contributed by atoms with Crippen LogP contribution in [0, 0.1) is 17.8 Å². The van der Waals surface area contributed by atoms with Crippen molar-refractivity contribution in [2.45, 2.75) is 32.6 Å². The first-order valence-corrected chi connectivity index (χ1v) is 9.20. The van der Waals surface area contributed by atoms with Gasteiger partial charge in [-0.1, -0.05) is 12.1 Å². The second kappa shape index (κ2) is 7.89. The van der Waals surface area contributed by atoms with Gasteiger partial charge >= 0.3 is 5.97 Å². The van der Waals surface area contributed by atoms with Crippen LogP contribution in [0.4, 0.5) is 0 Å². The molecule has 0 bridgehead atoms. The zero-order chi connectivity index (χ0) is 18.7. The number of rotatable bonds is 8. The average Bonchev–Trinajstić information content (AvgIpc) is 3.36. The van der Waals surface area contributed by atoms with Crippen molar-refractivity contribution >= 4 is 17.7 Å². The van der Waals surface area contributed by atoms with Crippen LogP contribution in [0.3, 0.4) is 0 Å². The highest BCUT2D eigenvalue weighted by molar-refractivity contribution is 5.94. The van der Waals surface area contributed by atoms with Crippen molar-refractivity contribution in [3.8, 4) is 5.75 Å². The fraction of sp³-hybridized carbons (Fsp3) is 0.550. The second-order valence-electron chi connectivity index (χ2n) is 7.28. The molecular weight excluding hydrogens is 334 g/mol. The SMILES string of the molecule is CC(=O)c1cccc(OCCCC(=O)N2C[C@H](C(=O)O)[C@@H](C3CC3)C2)c1. The predicted molar refractivity (Wildman–Crippen MR) is 95.1 cm³/mol. The molecule has 0 unspecified atom stereocenters. The zero-order valence-electron chi connectivity index (χ0n) is 15.0. The lowest BCUT2D eigenvalue weighted by molar-refractivity contribution is -0.142. The third-order valence-corrected chi connectivity index (χ3v) is 5.31. The summed E-state index contributed by atoms with van der Waals surface area (Å²) in [6, 6.07) is 6.99. The van der Waals surface area contributed by atoms with Gasteiger partial charge < -0.3 is 14.7 Å². The monoisotopic (exact) mass is 359 g/mol. The normalized spacial score (nSPS) is 22.3. The first-order valence-electron chi connectivity index (χ1n) is 9.20. The number of hydrogen-bond donors (Lipinski definition) is 1. The molecular formula is C20H25NO5. The lowest BCUT2D eigenvalue weighted by Gasteiger charge is -2.16. The number of carbonyl (C=O) groups excluding carboxylic acids is 2. The van der Waals surface area contributed by atoms with Crippen LogP contribution in [0.15, 0.2) is 24.3 Å². The van der Waals surface area contributed by atoms with Gasteiger partial charge in [0.1, 0.15) is 5.75 Å². The molecule has 6 nitrogen and oxygen atoms in total. The first kappa shape index (κ1) is 18.4. The third kappa shape index (κ3) is 4.42. The van der Waals surface area contributed by atoms with Gasteiger partial charge in [0.25, 0.3) is 0 Å². The van der Waals surface area contributed by atoms with Crippen molar-refractivity contribution in [2.75, 3.05) is 19.7 Å². The van der Waals surface area contributed by atoms with E-state index >= 15 is 0 Å². The molecule has 1 saturated carbocycles. The molecule has 1 aliphatic carbocycles. The number of nitrogens with zero attached hydrogens (tertiary/aromatic N) is 1. The smallest absolute Gasteiger partial charge is 0.308 e. The maximum atomic E-state index is 12.4. The minimum absolute atomic E-state index is 0.000451. The van der Waals surface area contributed by atoms with Crippen molar-refractivity contribution < 1.29 is 24.2 Å². The Hall–Kier alpha value is -2.37. The van der Waals surface area contributed by atoms with Crippen molar-refractivity contribution in [3.05, 3.63) is 29.8 Å². The Labute approximate surface area is 153 Å². The number of carboxylic acids is 1. The van der Waals surface area contributed by atoms with Gasteiger partial charge in [-0.15, -0.1) is 0 Å². The average molecular weight is 359 g/mol. The number of Topliss-reactive ketones (excluding diaryl/α,β-unsaturated/α-hetero) is 1. The van der Waals surface area contributed by atoms with Crippen molar-refractivity contribution in [1.82, 2.24) is 4.90 Å². The van der Waals surface area contributed by atoms with Crippen LogP contribution in [-0.2, 0) is 9.59 Å². The van der Waals surface area contributed by atoms with Crippen molar-refractivity contribution in [2.24, 2.45) is 17.8 Å². The summed E-state index contributed by atoms with van der Waals surface area (Å²) in [6.45, 7) is 2.79. The van der Waals surface area contributed by atoms with Crippen LogP contribution in [0.2, 0.25) is 0 Å². The number of likely N-dealkylation sites (tertiary alicyclic amines) is 1. The number of ether oxygens (including phenoxy) is 1. The molecule has 1 amide bonds. The maximum Gasteiger partial charge on any atom is 0.308 e. The van der Waals surface area contributed by atoms with Gasteiger partial charge in [-0.2, -0.15) is 0 Å². The number of ketones is 1. The molecule has 1 saturated heterocycles. The Morgan fingerprint density at radius 2 is 2.00 bits per heavy atom. The first-order chi connectivity index (χ1) is 12.5. The van der Waals surface area contributed by atoms with Crippen molar-refractivity contribution in [3.63, 3.8) is 0 Å². The summed E-state index contributed by atoms with van der Waals surface area (Å²) in [5.74, 6) is -0.0138. The molecule has 1 aromatic rings. The Morgan fingerprint density at radius 1 is 1.23 bits per heavy atom. The lowest BCUT2D eigenvalue weighted by Crippen LogP contribution is -2.30. The van der Waals surface area contributed by atoms with Crippen LogP contribution >= 0.6 is 0 Å². The van der Waals surface area contributed by atoms with E-state index in [-0.39, 0.29) is 17.6 Å². The lowest BCUT2D eigenvalue weighted by atomic mass is 9.92. The maximum absolute atomic E-state index is 12.4. The van der Waals surface area contributed by atoms with Gasteiger partial charge in [0.05, 0.1) is 12.5 Å². The summed E-state index contributed by atoms with van der Waals surface area (Å²) in [5, 5.41) is 9.38. The van der Waals surface area contributed by atoms with Crippen LogP contribution in [0.5, 0.6) is 5.75 Å². The van der Waals surface area contributed by atoms with E-state index in [1.54, 1.807) is 29.2 Å². The molecule has 1 N–H and O–H groups in total. The summed E-state index contributed by atoms with van der Waals surface area (Å²) in [6.07, 6.45) is 3.08. The molecule has 1 aliphatic heterocycles. The Balaban J connectivity index is 1.44. The van der Waals surface area contributed by atoms with Gasteiger partial charge in [0.2, 0.25) is 5.91 Å². The molecule has 3 rings (SSSR count). The Kier molecular flexibility index (Phi) is 5.59. The van der Waals surface area contributed by atoms with Gasteiger partial charge in [-0.3, -0.25) is 14.4 Å². The predicted octanol–water partition coefficient (Wildman–Crippen LogP) is 2.62. The van der Waals surface area contributed by atoms with E-state index in [1.165, 1.54) is 6.92 Å². The number of carboxylic acid groups (broad SMARTS) is 1. The molecule has 6 heteroatoms. The molecule has 1 aromatic carbocycles. The molecule has 140 valence electrons. The molecule has 2 aliphatic rings. The highest BCUT2D eigenvalue weighted by Crippen LogP contribution is 2.44. The fourth-order valence-corrected chi connectivity index (χ4v) is 3.67. The largest absolute Gasteiger partial charge is 0.494 e. The van der Waals surface area contributed by atoms with E-state index < -0.39 is 11.9 Å². The van der Waals surface area contributed by atoms with Gasteiger partial charge in [0, 0.05) is 25.1 Å². The molecule has 0 radical (unpaired) electrons. The molecule has 2 atom stereocenters. The molecule has 26 heavy (non-hydrogen) atoms. The quantitative estimate of drug-likeness (QED) is 0.570. The Morgan fingerprint density at radius 3 is 2.65 bits per heavy atom. The van der Waals surface area contributed by atoms with Crippen LogP contribution in [0.25, 0.3) is 0 Å². The third-order valence-electron chi connectivity index (χ3n) is 5.31. The Bertz CT molecular complexity index is 697. The number of aliphatic carboxylic acids is 1. The highest BCUT2D eigenvalue weighted by Gasteiger charge is 2.46. The summed E-state index contributed by atoms with van der Waals surface area (Å²) < 4.78 is 5.62. The minimum atomic E-state index is -0.786. The van der Waals surface area contributed by atoms with Gasteiger partial charge in [-0.25, -0.2) is 0 Å². The zero-order valence-corrected chi connectivity index (χ0v) is 15.0. The highest BCUT2D eigenvalue weighted by atomic mass is 16.5. The second-order valence-corrected chi connectivity index (χ2v) is 7.28. The van der Waals surface area contributed by atoms with Crippen LogP contribution in [0.1, 0.15) is 43.0 Å². The molecule has 0 aromatic heterocycles. The van der Waals surface area contributed by atoms with Crippen LogP contribution in [-0.4, -0.2) is 47.4 Å². The van der Waals surface area contributed by atoms with Crippen molar-refractivity contribution in [1.29, 1.82) is 0 Å². The molecule has 1 heterocycles. The number of benzene rings is 1. The van der Waals surface area contributed by atoms with Crippen LogP contribution < -0.4 is 4.74 Å². The topological polar surface area (TPSA) is 83.9 Å². The van der Waals surface area contributed by atoms with E-state index in [2.05, 4.69) is 0 Å². The number of amides is 1. The summed E-state index contributed by atoms with van der Waals surface area (Å²) in [7, 11) is 0. The van der Waals surface area contributed by atoms with Gasteiger partial charge in [-0.05, 0) is 50.2 Å². The van der Waals surface area contributed by atoms with E-state index in [1.807, 2.05) is 0 Å². The fourth-order valence-electron chi connectivity index (χ4n) is 3.67. The van der Waals surface area contributed by atoms with E-state index in [4.69, 9.17) is 4.74 Å². The van der Waals surface area contributed by atoms with E-state index in [0.29, 0.717) is 49.8 Å². The summed E-state index contributed by atoms with van der Waals surface area (Å²) >= 11 is 0. The summed E-state index contributed by atoms with van der Waals surface area (Å²) in [5.41, 5.74) is 0.599. The summed E-state index contributed by atoms with van der Waals surface area (Å²) in [4.78, 5) is 36.9. The molecule has 0 spiro atoms. The number of hydrogen-bond acceptors (Lipinski definition) is 4. The van der Waals surface area contributed by atoms with E-state index in [0.717, 1.165) is 12.8 Å². The molecule has 2 fully saturated rings. The van der Waals surface area contributed by atoms with Gasteiger partial charge in [0.15, 0.2) is 5.78 Å². The number of carbonyl (C=O) groups is 3. The van der Waals surface area contributed by atoms with E-state index in [9.17, 15) is 19.5 Å². The minimum Gasteiger partial charge on any atom is -0.494 e. The standard InChI is InChI=1S/C20H25NO5/c1-13(22)15-4-2-5-16(10-15)26-9-3-6-19(23)21-11-17(14-7-8-14)18(12-21)20(24)25/h2,4-5,10,14,17-18H,3,6-9,11-12H2,1H3,(H,24,25)/t17-,18+/m1/s1.